The van der Waals surface area contributed by atoms with E-state index in [1.54, 1.807) is 0 Å². The molecule has 0 spiro atoms. The van der Waals surface area contributed by atoms with Gasteiger partial charge in [0.1, 0.15) is 0 Å². The summed E-state index contributed by atoms with van der Waals surface area (Å²) in [5, 5.41) is 17.8. The van der Waals surface area contributed by atoms with Gasteiger partial charge in [-0.3, -0.25) is 0 Å². The van der Waals surface area contributed by atoms with E-state index in [9.17, 15) is 18.7 Å². The molecule has 0 aliphatic rings. The Kier molecular flexibility index (Phi) is 3.96. The molecule has 0 bridgehead atoms. The number of alkyl halides is 2. The summed E-state index contributed by atoms with van der Waals surface area (Å²) in [5.41, 5.74) is -2.69. The Morgan fingerprint density at radius 3 is 2.14 bits per heavy atom. The Labute approximate surface area is 80.5 Å². The molecule has 0 aliphatic heterocycles. The predicted octanol–water partition coefficient (Wildman–Crippen LogP) is 0.740. The van der Waals surface area contributed by atoms with Crippen molar-refractivity contribution in [3.05, 3.63) is 0 Å². The highest BCUT2D eigenvalue weighted by atomic mass is 19.3. The summed E-state index contributed by atoms with van der Waals surface area (Å²) in [7, 11) is 1.12. The third kappa shape index (κ3) is 2.01. The van der Waals surface area contributed by atoms with Gasteiger partial charge in [-0.1, -0.05) is 13.8 Å². The highest BCUT2D eigenvalue weighted by Gasteiger charge is 2.60. The number of hydrogen-bond acceptors (Lipinski definition) is 3. The molecule has 0 aliphatic carbocycles. The van der Waals surface area contributed by atoms with Crippen LogP contribution in [-0.4, -0.2) is 41.4 Å². The lowest BCUT2D eigenvalue weighted by molar-refractivity contribution is -0.232. The zero-order valence-electron chi connectivity index (χ0n) is 8.25. The standard InChI is InChI=1S/C8H14F2O4/c1-5(2)7(13,4-14-3)8(9,10)6(11)12/h5,13H,4H2,1-3H3,(H,11,12). The number of carboxylic acids is 1. The number of hydrogen-bond donors (Lipinski definition) is 2. The second-order valence-electron chi connectivity index (χ2n) is 3.39. The van der Waals surface area contributed by atoms with Gasteiger partial charge in [0.05, 0.1) is 6.61 Å². The van der Waals surface area contributed by atoms with E-state index in [1.807, 2.05) is 0 Å². The van der Waals surface area contributed by atoms with Crippen molar-refractivity contribution in [1.82, 2.24) is 0 Å². The SMILES string of the molecule is COCC(O)(C(C)C)C(F)(F)C(=O)O. The maximum atomic E-state index is 13.1. The van der Waals surface area contributed by atoms with Crippen LogP contribution in [-0.2, 0) is 9.53 Å². The van der Waals surface area contributed by atoms with Crippen LogP contribution in [0.2, 0.25) is 0 Å². The lowest BCUT2D eigenvalue weighted by Gasteiger charge is -2.35. The maximum absolute atomic E-state index is 13.1. The first-order valence-corrected chi connectivity index (χ1v) is 4.02. The van der Waals surface area contributed by atoms with Crippen LogP contribution in [0, 0.1) is 5.92 Å². The number of methoxy groups -OCH3 is 1. The van der Waals surface area contributed by atoms with Crippen molar-refractivity contribution in [3.8, 4) is 0 Å². The van der Waals surface area contributed by atoms with Crippen LogP contribution in [0.4, 0.5) is 8.78 Å². The lowest BCUT2D eigenvalue weighted by Crippen LogP contribution is -2.59. The molecule has 0 saturated heterocycles. The summed E-state index contributed by atoms with van der Waals surface area (Å²) in [4.78, 5) is 10.3. The summed E-state index contributed by atoms with van der Waals surface area (Å²) >= 11 is 0. The fraction of sp³-hybridized carbons (Fsp3) is 0.875. The number of halogens is 2. The largest absolute Gasteiger partial charge is 0.477 e. The second-order valence-corrected chi connectivity index (χ2v) is 3.39. The molecule has 1 unspecified atom stereocenters. The summed E-state index contributed by atoms with van der Waals surface area (Å²) < 4.78 is 30.6. The van der Waals surface area contributed by atoms with Crippen LogP contribution in [0.5, 0.6) is 0 Å². The number of aliphatic carboxylic acids is 1. The van der Waals surface area contributed by atoms with Gasteiger partial charge in [0.2, 0.25) is 0 Å². The summed E-state index contributed by atoms with van der Waals surface area (Å²) in [6.45, 7) is 1.87. The quantitative estimate of drug-likeness (QED) is 0.705. The normalized spacial score (nSPS) is 16.8. The molecule has 0 radical (unpaired) electrons. The molecule has 0 saturated carbocycles. The number of carbonyl (C=O) groups is 1. The van der Waals surface area contributed by atoms with Gasteiger partial charge >= 0.3 is 11.9 Å². The first-order chi connectivity index (χ1) is 6.20. The second kappa shape index (κ2) is 4.18. The molecule has 0 aromatic carbocycles. The number of rotatable bonds is 5. The lowest BCUT2D eigenvalue weighted by atomic mass is 9.84. The van der Waals surface area contributed by atoms with Crippen LogP contribution < -0.4 is 0 Å². The summed E-state index contributed by atoms with van der Waals surface area (Å²) in [6.07, 6.45) is 0. The number of carboxylic acid groups (broad SMARTS) is 1. The van der Waals surface area contributed by atoms with Crippen LogP contribution in [0.1, 0.15) is 13.8 Å². The average molecular weight is 212 g/mol. The third-order valence-corrected chi connectivity index (χ3v) is 2.13. The van der Waals surface area contributed by atoms with Gasteiger partial charge in [-0.15, -0.1) is 0 Å². The molecule has 0 aromatic rings. The van der Waals surface area contributed by atoms with E-state index in [0.717, 1.165) is 7.11 Å². The van der Waals surface area contributed by atoms with Crippen molar-refractivity contribution in [1.29, 1.82) is 0 Å². The molecule has 1 atom stereocenters. The molecule has 2 N–H and O–H groups in total. The van der Waals surface area contributed by atoms with Crippen LogP contribution in [0.25, 0.3) is 0 Å². The maximum Gasteiger partial charge on any atom is 0.377 e. The van der Waals surface area contributed by atoms with E-state index in [-0.39, 0.29) is 0 Å². The first kappa shape index (κ1) is 13.2. The van der Waals surface area contributed by atoms with Gasteiger partial charge in [0.15, 0.2) is 5.60 Å². The highest BCUT2D eigenvalue weighted by Crippen LogP contribution is 2.35. The predicted molar refractivity (Wildman–Crippen MR) is 44.2 cm³/mol. The van der Waals surface area contributed by atoms with Crippen molar-refractivity contribution >= 4 is 5.97 Å². The van der Waals surface area contributed by atoms with Gasteiger partial charge in [0, 0.05) is 7.11 Å². The van der Waals surface area contributed by atoms with Gasteiger partial charge in [-0.25, -0.2) is 4.79 Å². The van der Waals surface area contributed by atoms with E-state index >= 15 is 0 Å². The Morgan fingerprint density at radius 1 is 1.50 bits per heavy atom. The number of ether oxygens (including phenoxy) is 1. The minimum absolute atomic E-state index is 0.732. The molecular formula is C8H14F2O4. The summed E-state index contributed by atoms with van der Waals surface area (Å²) in [6, 6.07) is 0. The molecule has 4 nitrogen and oxygen atoms in total. The molecule has 14 heavy (non-hydrogen) atoms. The molecule has 6 heteroatoms. The minimum atomic E-state index is -4.23. The smallest absolute Gasteiger partial charge is 0.377 e. The molecule has 84 valence electrons. The fourth-order valence-corrected chi connectivity index (χ4v) is 1.03. The molecule has 0 rings (SSSR count). The van der Waals surface area contributed by atoms with E-state index in [2.05, 4.69) is 4.74 Å². The fourth-order valence-electron chi connectivity index (χ4n) is 1.03. The van der Waals surface area contributed by atoms with Crippen molar-refractivity contribution in [2.75, 3.05) is 13.7 Å². The third-order valence-electron chi connectivity index (χ3n) is 2.13. The zero-order valence-corrected chi connectivity index (χ0v) is 8.25. The average Bonchev–Trinajstić information content (AvgIpc) is 2.03. The topological polar surface area (TPSA) is 66.8 Å². The molecule has 0 aromatic heterocycles. The Morgan fingerprint density at radius 2 is 1.93 bits per heavy atom. The van der Waals surface area contributed by atoms with E-state index in [1.165, 1.54) is 13.8 Å². The molecule has 0 amide bonds. The molecule has 0 heterocycles. The van der Waals surface area contributed by atoms with E-state index < -0.39 is 30.0 Å². The van der Waals surface area contributed by atoms with Crippen molar-refractivity contribution < 1.29 is 28.5 Å². The number of aliphatic hydroxyl groups is 1. The van der Waals surface area contributed by atoms with Gasteiger partial charge < -0.3 is 14.9 Å². The van der Waals surface area contributed by atoms with Gasteiger partial charge in [0.25, 0.3) is 0 Å². The molecule has 0 fully saturated rings. The summed E-state index contributed by atoms with van der Waals surface area (Å²) in [5.74, 6) is -7.52. The van der Waals surface area contributed by atoms with Crippen LogP contribution in [0.15, 0.2) is 0 Å². The minimum Gasteiger partial charge on any atom is -0.477 e. The monoisotopic (exact) mass is 212 g/mol. The van der Waals surface area contributed by atoms with Gasteiger partial charge in [-0.05, 0) is 5.92 Å². The van der Waals surface area contributed by atoms with Crippen molar-refractivity contribution in [3.63, 3.8) is 0 Å². The van der Waals surface area contributed by atoms with E-state index in [4.69, 9.17) is 5.11 Å². The Hall–Kier alpha value is -0.750. The highest BCUT2D eigenvalue weighted by molar-refractivity contribution is 5.77. The molecular weight excluding hydrogens is 198 g/mol. The Bertz CT molecular complexity index is 217. The van der Waals surface area contributed by atoms with Crippen LogP contribution >= 0.6 is 0 Å². The van der Waals surface area contributed by atoms with Crippen molar-refractivity contribution in [2.24, 2.45) is 5.92 Å². The first-order valence-electron chi connectivity index (χ1n) is 4.02. The van der Waals surface area contributed by atoms with Crippen molar-refractivity contribution in [2.45, 2.75) is 25.4 Å². The van der Waals surface area contributed by atoms with Crippen LogP contribution in [0.3, 0.4) is 0 Å². The van der Waals surface area contributed by atoms with E-state index in [0.29, 0.717) is 0 Å². The zero-order chi connectivity index (χ0) is 11.6. The van der Waals surface area contributed by atoms with Gasteiger partial charge in [-0.2, -0.15) is 8.78 Å². The Balaban J connectivity index is 5.09.